The van der Waals surface area contributed by atoms with Crippen LogP contribution in [-0.4, -0.2) is 41.9 Å². The lowest BCUT2D eigenvalue weighted by atomic mass is 10.2. The summed E-state index contributed by atoms with van der Waals surface area (Å²) in [5.41, 5.74) is -1.28. The van der Waals surface area contributed by atoms with Crippen molar-refractivity contribution >= 4 is 23.5 Å². The van der Waals surface area contributed by atoms with Crippen molar-refractivity contribution in [1.29, 1.82) is 0 Å². The molecule has 0 unspecified atom stereocenters. The van der Waals surface area contributed by atoms with Crippen molar-refractivity contribution in [3.63, 3.8) is 0 Å². The second-order valence-electron chi connectivity index (χ2n) is 7.93. The van der Waals surface area contributed by atoms with Gasteiger partial charge in [-0.1, -0.05) is 5.21 Å². The van der Waals surface area contributed by atoms with Crippen molar-refractivity contribution in [1.82, 2.24) is 29.9 Å². The number of carbonyl (C=O) groups excluding carboxylic acids is 2. The van der Waals surface area contributed by atoms with Crippen LogP contribution in [0.5, 0.6) is 0 Å². The highest BCUT2D eigenvalue weighted by atomic mass is 19.4. The minimum atomic E-state index is -4.71. The quantitative estimate of drug-likeness (QED) is 0.265. The van der Waals surface area contributed by atoms with E-state index in [0.717, 1.165) is 18.3 Å². The first-order chi connectivity index (χ1) is 18.4. The fourth-order valence-corrected chi connectivity index (χ4v) is 3.28. The summed E-state index contributed by atoms with van der Waals surface area (Å²) >= 11 is 0. The van der Waals surface area contributed by atoms with E-state index in [1.807, 2.05) is 0 Å². The van der Waals surface area contributed by atoms with Crippen LogP contribution in [0.15, 0.2) is 48.9 Å². The number of anilines is 2. The highest BCUT2D eigenvalue weighted by Gasteiger charge is 2.33. The normalized spacial score (nSPS) is 12.1. The Bertz CT molecular complexity index is 1530. The zero-order valence-electron chi connectivity index (χ0n) is 20.0. The number of pyridine rings is 3. The molecule has 0 saturated heterocycles. The molecule has 4 aromatic heterocycles. The van der Waals surface area contributed by atoms with Crippen molar-refractivity contribution in [2.75, 3.05) is 10.6 Å². The molecule has 0 aromatic carbocycles. The summed E-state index contributed by atoms with van der Waals surface area (Å²) in [5, 5.41) is 12.6. The maximum absolute atomic E-state index is 13.9. The van der Waals surface area contributed by atoms with Crippen LogP contribution in [0.1, 0.15) is 34.6 Å². The van der Waals surface area contributed by atoms with Crippen molar-refractivity contribution in [2.24, 2.45) is 7.05 Å². The van der Waals surface area contributed by atoms with E-state index < -0.39 is 41.7 Å². The van der Waals surface area contributed by atoms with Crippen LogP contribution in [0.2, 0.25) is 0 Å². The Kier molecular flexibility index (Phi) is 7.46. The van der Waals surface area contributed by atoms with Crippen LogP contribution in [0.25, 0.3) is 11.4 Å². The number of aryl methyl sites for hydroxylation is 1. The molecule has 16 heteroatoms. The molecule has 1 atom stereocenters. The minimum absolute atomic E-state index is 0.0470. The molecular weight excluding hydrogens is 531 g/mol. The Morgan fingerprint density at radius 3 is 2.49 bits per heavy atom. The largest absolute Gasteiger partial charge is 0.441 e. The maximum Gasteiger partial charge on any atom is 0.433 e. The van der Waals surface area contributed by atoms with Gasteiger partial charge in [0.25, 0.3) is 5.91 Å². The Hall–Kier alpha value is -5.02. The van der Waals surface area contributed by atoms with Gasteiger partial charge in [-0.05, 0) is 37.3 Å². The number of carbonyl (C=O) groups is 2. The third-order valence-electron chi connectivity index (χ3n) is 5.18. The Balaban J connectivity index is 1.45. The van der Waals surface area contributed by atoms with Crippen LogP contribution in [0, 0.1) is 11.8 Å². The number of nitrogens with one attached hydrogen (secondary N) is 2. The molecule has 11 nitrogen and oxygen atoms in total. The molecule has 0 bridgehead atoms. The van der Waals surface area contributed by atoms with E-state index in [0.29, 0.717) is 12.3 Å². The van der Waals surface area contributed by atoms with Crippen molar-refractivity contribution in [2.45, 2.75) is 19.2 Å². The lowest BCUT2D eigenvalue weighted by Gasteiger charge is -2.15. The van der Waals surface area contributed by atoms with Crippen LogP contribution in [-0.2, 0) is 18.0 Å². The van der Waals surface area contributed by atoms with E-state index in [2.05, 4.69) is 35.9 Å². The first kappa shape index (κ1) is 27.0. The van der Waals surface area contributed by atoms with Crippen molar-refractivity contribution in [3.8, 4) is 11.4 Å². The first-order valence-corrected chi connectivity index (χ1v) is 10.9. The molecule has 4 aromatic rings. The third kappa shape index (κ3) is 6.28. The molecule has 0 saturated carbocycles. The predicted molar refractivity (Wildman–Crippen MR) is 124 cm³/mol. The van der Waals surface area contributed by atoms with Gasteiger partial charge < -0.3 is 10.1 Å². The van der Waals surface area contributed by atoms with E-state index in [9.17, 15) is 31.5 Å². The number of hydrogen-bond acceptors (Lipinski definition) is 8. The maximum atomic E-state index is 13.9. The average Bonchev–Trinajstić information content (AvgIpc) is 3.25. The summed E-state index contributed by atoms with van der Waals surface area (Å²) in [5.74, 6) is -2.58. The summed E-state index contributed by atoms with van der Waals surface area (Å²) < 4.78 is 72.2. The van der Waals surface area contributed by atoms with Gasteiger partial charge in [0.05, 0.1) is 29.3 Å². The van der Waals surface area contributed by atoms with E-state index >= 15 is 0 Å². The molecule has 202 valence electrons. The fraction of sp³-hybridized carbons (Fsp3) is 0.174. The number of hydrogen-bond donors (Lipinski definition) is 2. The Labute approximate surface area is 216 Å². The van der Waals surface area contributed by atoms with Crippen LogP contribution < -0.4 is 10.6 Å². The number of nitrogens with zero attached hydrogens (tertiary/aromatic N) is 6. The molecular formula is C23H17F5N8O3. The Morgan fingerprint density at radius 2 is 1.79 bits per heavy atom. The number of aromatic nitrogens is 6. The molecule has 39 heavy (non-hydrogen) atoms. The van der Waals surface area contributed by atoms with E-state index in [4.69, 9.17) is 4.74 Å². The van der Waals surface area contributed by atoms with E-state index in [1.54, 1.807) is 0 Å². The Morgan fingerprint density at radius 1 is 1.03 bits per heavy atom. The van der Waals surface area contributed by atoms with Gasteiger partial charge in [-0.2, -0.15) is 17.6 Å². The van der Waals surface area contributed by atoms with E-state index in [1.165, 1.54) is 37.0 Å². The van der Waals surface area contributed by atoms with Crippen LogP contribution in [0.3, 0.4) is 0 Å². The van der Waals surface area contributed by atoms with Gasteiger partial charge in [0.2, 0.25) is 5.95 Å². The average molecular weight is 548 g/mol. The smallest absolute Gasteiger partial charge is 0.433 e. The van der Waals surface area contributed by atoms with Gasteiger partial charge in [0.1, 0.15) is 17.6 Å². The number of halogens is 5. The first-order valence-electron chi connectivity index (χ1n) is 10.9. The summed E-state index contributed by atoms with van der Waals surface area (Å²) in [6.45, 7) is 1.33. The molecule has 0 fully saturated rings. The summed E-state index contributed by atoms with van der Waals surface area (Å²) in [4.78, 5) is 35.4. The molecule has 0 radical (unpaired) electrons. The SMILES string of the molecule is C[C@@H](OC(=O)Nc1c(-c2ccc(NC(=O)c3ccnc(C(F)(F)F)c3)cn2)nnn1C)c1cc(F)cnc1F. The molecule has 2 amide bonds. The van der Waals surface area contributed by atoms with Gasteiger partial charge >= 0.3 is 12.3 Å². The van der Waals surface area contributed by atoms with Crippen LogP contribution in [0.4, 0.5) is 38.3 Å². The third-order valence-corrected chi connectivity index (χ3v) is 5.18. The monoisotopic (exact) mass is 548 g/mol. The molecule has 0 aliphatic rings. The number of rotatable bonds is 6. The zero-order chi connectivity index (χ0) is 28.3. The van der Waals surface area contributed by atoms with Gasteiger partial charge in [0.15, 0.2) is 11.5 Å². The number of ether oxygens (including phenoxy) is 1. The highest BCUT2D eigenvalue weighted by molar-refractivity contribution is 6.04. The molecule has 0 spiro atoms. The second kappa shape index (κ2) is 10.8. The topological polar surface area (TPSA) is 137 Å². The zero-order valence-corrected chi connectivity index (χ0v) is 20.0. The van der Waals surface area contributed by atoms with Gasteiger partial charge in [-0.25, -0.2) is 18.9 Å². The van der Waals surface area contributed by atoms with Gasteiger partial charge in [-0.15, -0.1) is 5.10 Å². The lowest BCUT2D eigenvalue weighted by Crippen LogP contribution is -2.19. The minimum Gasteiger partial charge on any atom is -0.441 e. The molecule has 0 aliphatic heterocycles. The lowest BCUT2D eigenvalue weighted by molar-refractivity contribution is -0.141. The molecule has 2 N–H and O–H groups in total. The molecule has 4 heterocycles. The van der Waals surface area contributed by atoms with Crippen molar-refractivity contribution in [3.05, 3.63) is 77.5 Å². The van der Waals surface area contributed by atoms with Gasteiger partial charge in [-0.3, -0.25) is 20.1 Å². The summed E-state index contributed by atoms with van der Waals surface area (Å²) in [7, 11) is 1.46. The van der Waals surface area contributed by atoms with Crippen LogP contribution >= 0.6 is 0 Å². The predicted octanol–water partition coefficient (Wildman–Crippen LogP) is 4.53. The fourth-order valence-electron chi connectivity index (χ4n) is 3.28. The summed E-state index contributed by atoms with van der Waals surface area (Å²) in [6.07, 6.45) is -4.15. The van der Waals surface area contributed by atoms with E-state index in [-0.39, 0.29) is 34.0 Å². The second-order valence-corrected chi connectivity index (χ2v) is 7.93. The van der Waals surface area contributed by atoms with Gasteiger partial charge in [0, 0.05) is 18.8 Å². The van der Waals surface area contributed by atoms with Crippen molar-refractivity contribution < 1.29 is 36.3 Å². The molecule has 0 aliphatic carbocycles. The summed E-state index contributed by atoms with van der Waals surface area (Å²) in [6, 6.07) is 5.42. The standard InChI is InChI=1S/C23H17F5N8O3/c1-11(15-8-13(24)9-31-19(15)25)39-22(38)33-20-18(34-35-36(20)2)16-4-3-14(10-30-16)32-21(37)12-5-6-29-17(7-12)23(26,27)28/h3-11H,1-2H3,(H,32,37)(H,33,38)/t11-/m1/s1. The molecule has 4 rings (SSSR count). The number of alkyl halides is 3. The highest BCUT2D eigenvalue weighted by Crippen LogP contribution is 2.28. The number of amides is 2.